The van der Waals surface area contributed by atoms with Crippen molar-refractivity contribution in [1.82, 2.24) is 4.98 Å². The number of ether oxygens (including phenoxy) is 1. The van der Waals surface area contributed by atoms with Crippen LogP contribution in [0.3, 0.4) is 0 Å². The Hall–Kier alpha value is -2.82. The number of nitrogens with two attached hydrogens (primary N) is 1. The number of rotatable bonds is 6. The van der Waals surface area contributed by atoms with E-state index in [9.17, 15) is 13.0 Å². The van der Waals surface area contributed by atoms with Gasteiger partial charge >= 0.3 is 29.6 Å². The van der Waals surface area contributed by atoms with Gasteiger partial charge in [0.25, 0.3) is 0 Å². The molecular weight excluding hydrogens is 439 g/mol. The van der Waals surface area contributed by atoms with E-state index in [2.05, 4.69) is 15.2 Å². The predicted octanol–water partition coefficient (Wildman–Crippen LogP) is 1.72. The van der Waals surface area contributed by atoms with E-state index in [-0.39, 0.29) is 51.2 Å². The number of nitrogen functional groups attached to an aromatic ring is 1. The fourth-order valence-electron chi connectivity index (χ4n) is 3.03. The van der Waals surface area contributed by atoms with Crippen LogP contribution < -0.4 is 40.0 Å². The number of anilines is 1. The van der Waals surface area contributed by atoms with Gasteiger partial charge in [0.05, 0.1) is 16.3 Å². The van der Waals surface area contributed by atoms with Crippen LogP contribution in [-0.4, -0.2) is 18.0 Å². The maximum absolute atomic E-state index is 11.7. The summed E-state index contributed by atoms with van der Waals surface area (Å²) in [6.07, 6.45) is 3.38. The number of hydrogen-bond acceptors (Lipinski definition) is 8. The van der Waals surface area contributed by atoms with Crippen LogP contribution in [-0.2, 0) is 16.7 Å². The first-order valence-electron chi connectivity index (χ1n) is 9.22. The average molecular weight is 456 g/mol. The summed E-state index contributed by atoms with van der Waals surface area (Å²) in [6.45, 7) is 0.367. The Morgan fingerprint density at radius 3 is 2.38 bits per heavy atom. The molecule has 2 N–H and O–H groups in total. The molecule has 0 amide bonds. The molecule has 32 heavy (non-hydrogen) atoms. The van der Waals surface area contributed by atoms with E-state index in [1.165, 1.54) is 6.07 Å². The fourth-order valence-corrected chi connectivity index (χ4v) is 3.74. The minimum Gasteiger partial charge on any atom is -0.744 e. The molecule has 1 aromatic heterocycles. The van der Waals surface area contributed by atoms with Crippen LogP contribution in [0.5, 0.6) is 5.75 Å². The van der Waals surface area contributed by atoms with Crippen molar-refractivity contribution in [3.8, 4) is 5.75 Å². The van der Waals surface area contributed by atoms with Crippen molar-refractivity contribution in [3.63, 3.8) is 0 Å². The molecule has 4 aromatic rings. The monoisotopic (exact) mass is 456 g/mol. The second-order valence-corrected chi connectivity index (χ2v) is 8.00. The van der Waals surface area contributed by atoms with Gasteiger partial charge in [-0.2, -0.15) is 5.11 Å². The van der Waals surface area contributed by atoms with E-state index in [4.69, 9.17) is 10.5 Å². The first-order chi connectivity index (χ1) is 14.9. The molecule has 0 radical (unpaired) electrons. The van der Waals surface area contributed by atoms with Crippen molar-refractivity contribution in [3.05, 3.63) is 84.7 Å². The zero-order chi connectivity index (χ0) is 21.8. The third kappa shape index (κ3) is 5.50. The molecule has 8 nitrogen and oxygen atoms in total. The third-order valence-electron chi connectivity index (χ3n) is 4.54. The molecule has 3 aromatic carbocycles. The average Bonchev–Trinajstić information content (AvgIpc) is 2.77. The number of azo groups is 1. The van der Waals surface area contributed by atoms with Gasteiger partial charge in [-0.25, -0.2) is 8.42 Å². The zero-order valence-electron chi connectivity index (χ0n) is 17.2. The van der Waals surface area contributed by atoms with E-state index in [0.29, 0.717) is 23.4 Å². The molecule has 0 unspecified atom stereocenters. The van der Waals surface area contributed by atoms with Gasteiger partial charge in [-0.05, 0) is 35.9 Å². The van der Waals surface area contributed by atoms with Gasteiger partial charge in [-0.15, -0.1) is 5.11 Å². The molecule has 0 bridgehead atoms. The van der Waals surface area contributed by atoms with Gasteiger partial charge in [-0.1, -0.05) is 30.3 Å². The number of pyridine rings is 1. The van der Waals surface area contributed by atoms with Crippen molar-refractivity contribution in [2.45, 2.75) is 11.5 Å². The number of benzene rings is 3. The summed E-state index contributed by atoms with van der Waals surface area (Å²) in [6, 6.07) is 18.3. The van der Waals surface area contributed by atoms with Gasteiger partial charge in [0, 0.05) is 29.2 Å². The smallest absolute Gasteiger partial charge is 0.744 e. The molecule has 0 atom stereocenters. The Morgan fingerprint density at radius 2 is 1.66 bits per heavy atom. The predicted molar refractivity (Wildman–Crippen MR) is 116 cm³/mol. The van der Waals surface area contributed by atoms with Crippen LogP contribution in [0, 0.1) is 0 Å². The second kappa shape index (κ2) is 10.2. The molecular formula is C22H17N4NaO4S. The number of fused-ring (bicyclic) bond motifs is 1. The zero-order valence-corrected chi connectivity index (χ0v) is 20.0. The van der Waals surface area contributed by atoms with Crippen molar-refractivity contribution in [1.29, 1.82) is 0 Å². The SMILES string of the molecule is Nc1c(N=Nc2cccc(OCc3ccncc3)c2)cc(S(=O)(=O)[O-])c2ccccc12.[Na+]. The van der Waals surface area contributed by atoms with E-state index in [1.54, 1.807) is 54.9 Å². The second-order valence-electron chi connectivity index (χ2n) is 6.65. The topological polar surface area (TPSA) is 130 Å². The molecule has 0 saturated heterocycles. The summed E-state index contributed by atoms with van der Waals surface area (Å²) >= 11 is 0. The summed E-state index contributed by atoms with van der Waals surface area (Å²) < 4.78 is 40.9. The van der Waals surface area contributed by atoms with Gasteiger partial charge in [0.1, 0.15) is 28.2 Å². The normalized spacial score (nSPS) is 11.4. The Balaban J connectivity index is 0.00000289. The van der Waals surface area contributed by atoms with Crippen molar-refractivity contribution >= 4 is 38.0 Å². The standard InChI is InChI=1S/C22H18N4O4S.Na/c23-22-19-7-2-1-6-18(19)21(31(27,28)29)13-20(22)26-25-16-4-3-5-17(12-16)30-14-15-8-10-24-11-9-15;/h1-13H,14,23H2,(H,27,28,29);/q;+1/p-1. The summed E-state index contributed by atoms with van der Waals surface area (Å²) in [7, 11) is -4.72. The van der Waals surface area contributed by atoms with Crippen molar-refractivity contribution in [2.75, 3.05) is 5.73 Å². The van der Waals surface area contributed by atoms with E-state index < -0.39 is 10.1 Å². The van der Waals surface area contributed by atoms with Crippen LogP contribution >= 0.6 is 0 Å². The first-order valence-corrected chi connectivity index (χ1v) is 10.6. The van der Waals surface area contributed by atoms with Gasteiger partial charge < -0.3 is 15.0 Å². The van der Waals surface area contributed by atoms with Gasteiger partial charge in [0.2, 0.25) is 0 Å². The largest absolute Gasteiger partial charge is 1.00 e. The molecule has 1 heterocycles. The summed E-state index contributed by atoms with van der Waals surface area (Å²) in [5.41, 5.74) is 7.93. The maximum Gasteiger partial charge on any atom is 1.00 e. The minimum absolute atomic E-state index is 0. The molecule has 156 valence electrons. The van der Waals surface area contributed by atoms with Crippen LogP contribution in [0.25, 0.3) is 10.8 Å². The number of aromatic nitrogens is 1. The maximum atomic E-state index is 11.7. The minimum atomic E-state index is -4.72. The van der Waals surface area contributed by atoms with Crippen LogP contribution in [0.4, 0.5) is 17.1 Å². The molecule has 0 aliphatic rings. The van der Waals surface area contributed by atoms with E-state index in [0.717, 1.165) is 11.6 Å². The van der Waals surface area contributed by atoms with Gasteiger partial charge in [0.15, 0.2) is 0 Å². The molecule has 0 aliphatic carbocycles. The van der Waals surface area contributed by atoms with Gasteiger partial charge in [-0.3, -0.25) is 4.98 Å². The quantitative estimate of drug-likeness (QED) is 0.203. The molecule has 0 saturated carbocycles. The number of hydrogen-bond donors (Lipinski definition) is 1. The molecule has 10 heteroatoms. The van der Waals surface area contributed by atoms with Crippen LogP contribution in [0.2, 0.25) is 0 Å². The number of nitrogens with zero attached hydrogens (tertiary/aromatic N) is 3. The van der Waals surface area contributed by atoms with E-state index in [1.807, 2.05) is 12.1 Å². The van der Waals surface area contributed by atoms with Crippen molar-refractivity contribution in [2.24, 2.45) is 10.2 Å². The van der Waals surface area contributed by atoms with Crippen molar-refractivity contribution < 1.29 is 47.3 Å². The summed E-state index contributed by atoms with van der Waals surface area (Å²) in [5, 5.41) is 8.90. The Labute approximate surface area is 207 Å². The Bertz CT molecular complexity index is 1380. The fraction of sp³-hybridized carbons (Fsp3) is 0.0455. The first kappa shape index (κ1) is 23.8. The van der Waals surface area contributed by atoms with Crippen LogP contribution in [0.1, 0.15) is 5.56 Å². The Kier molecular flexibility index (Phi) is 7.60. The van der Waals surface area contributed by atoms with Crippen LogP contribution in [0.15, 0.2) is 94.2 Å². The molecule has 0 spiro atoms. The molecule has 4 rings (SSSR count). The Morgan fingerprint density at radius 1 is 0.938 bits per heavy atom. The summed E-state index contributed by atoms with van der Waals surface area (Å²) in [5.74, 6) is 0.586. The summed E-state index contributed by atoms with van der Waals surface area (Å²) in [4.78, 5) is 3.58. The molecule has 0 fully saturated rings. The van der Waals surface area contributed by atoms with E-state index >= 15 is 0 Å². The third-order valence-corrected chi connectivity index (χ3v) is 5.42. The molecule has 0 aliphatic heterocycles.